The third kappa shape index (κ3) is 4.83. The third-order valence-electron chi connectivity index (χ3n) is 4.66. The van der Waals surface area contributed by atoms with Gasteiger partial charge < -0.3 is 19.8 Å². The Balaban J connectivity index is 2.96. The van der Waals surface area contributed by atoms with Gasteiger partial charge in [-0.05, 0) is 61.4 Å². The van der Waals surface area contributed by atoms with Gasteiger partial charge in [-0.2, -0.15) is 0 Å². The highest BCUT2D eigenvalue weighted by Gasteiger charge is 2.43. The van der Waals surface area contributed by atoms with E-state index in [1.165, 1.54) is 6.92 Å². The largest absolute Gasteiger partial charge is 0.480 e. The van der Waals surface area contributed by atoms with E-state index >= 15 is 0 Å². The average molecular weight is 344 g/mol. The molecule has 1 saturated heterocycles. The van der Waals surface area contributed by atoms with Crippen LogP contribution in [0.25, 0.3) is 0 Å². The minimum atomic E-state index is -1.07. The molecule has 0 radical (unpaired) electrons. The summed E-state index contributed by atoms with van der Waals surface area (Å²) < 4.78 is 5.51. The van der Waals surface area contributed by atoms with Crippen molar-refractivity contribution in [3.63, 3.8) is 0 Å². The molecule has 1 aliphatic rings. The molecular weight excluding hydrogens is 312 g/mol. The van der Waals surface area contributed by atoms with Crippen molar-refractivity contribution in [3.8, 4) is 0 Å². The lowest BCUT2D eigenvalue weighted by Gasteiger charge is -2.40. The maximum Gasteiger partial charge on any atom is 0.410 e. The molecule has 0 aliphatic carbocycles. The Morgan fingerprint density at radius 2 is 1.79 bits per heavy atom. The molecule has 0 aromatic rings. The number of amides is 1. The van der Waals surface area contributed by atoms with Gasteiger partial charge in [-0.3, -0.25) is 9.69 Å². The van der Waals surface area contributed by atoms with E-state index < -0.39 is 23.7 Å². The monoisotopic (exact) mass is 344 g/mol. The second-order valence-corrected chi connectivity index (χ2v) is 7.81. The fourth-order valence-corrected chi connectivity index (χ4v) is 3.37. The van der Waals surface area contributed by atoms with E-state index in [9.17, 15) is 19.8 Å². The van der Waals surface area contributed by atoms with Crippen LogP contribution in [0.4, 0.5) is 4.79 Å². The second-order valence-electron chi connectivity index (χ2n) is 7.81. The Hall–Kier alpha value is -1.34. The number of hydrogen-bond acceptors (Lipinski definition) is 5. The van der Waals surface area contributed by atoms with E-state index in [0.717, 1.165) is 12.8 Å². The van der Waals surface area contributed by atoms with Crippen LogP contribution in [-0.4, -0.2) is 75.0 Å². The molecule has 1 rings (SSSR count). The molecule has 2 N–H and O–H groups in total. The van der Waals surface area contributed by atoms with Crippen LogP contribution in [0.1, 0.15) is 54.4 Å². The molecule has 7 nitrogen and oxygen atoms in total. The van der Waals surface area contributed by atoms with E-state index in [-0.39, 0.29) is 24.2 Å². The number of hydrogen-bond donors (Lipinski definition) is 2. The van der Waals surface area contributed by atoms with E-state index in [1.807, 2.05) is 34.6 Å². The van der Waals surface area contributed by atoms with Gasteiger partial charge in [-0.15, -0.1) is 0 Å². The summed E-state index contributed by atoms with van der Waals surface area (Å²) >= 11 is 0. The van der Waals surface area contributed by atoms with E-state index in [4.69, 9.17) is 4.74 Å². The van der Waals surface area contributed by atoms with Gasteiger partial charge in [0.05, 0.1) is 12.1 Å². The molecule has 0 aromatic heterocycles. The van der Waals surface area contributed by atoms with Gasteiger partial charge in [-0.25, -0.2) is 4.79 Å². The highest BCUT2D eigenvalue weighted by Crippen LogP contribution is 2.30. The molecule has 0 aromatic carbocycles. The number of carboxylic acid groups (broad SMARTS) is 1. The van der Waals surface area contributed by atoms with Gasteiger partial charge in [0, 0.05) is 12.1 Å². The first kappa shape index (κ1) is 20.7. The molecule has 1 aliphatic heterocycles. The van der Waals surface area contributed by atoms with Crippen molar-refractivity contribution >= 4 is 12.1 Å². The molecule has 0 spiro atoms. The number of carboxylic acids is 1. The van der Waals surface area contributed by atoms with Crippen LogP contribution in [0.3, 0.4) is 0 Å². The molecule has 3 unspecified atom stereocenters. The number of nitrogens with zero attached hydrogens (tertiary/aromatic N) is 2. The van der Waals surface area contributed by atoms with Crippen molar-refractivity contribution in [3.05, 3.63) is 0 Å². The van der Waals surface area contributed by atoms with Crippen LogP contribution in [-0.2, 0) is 9.53 Å². The number of carbonyl (C=O) groups excluding carboxylic acids is 1. The molecule has 1 fully saturated rings. The van der Waals surface area contributed by atoms with Crippen LogP contribution < -0.4 is 0 Å². The lowest BCUT2D eigenvalue weighted by atomic mass is 10.0. The zero-order valence-electron chi connectivity index (χ0n) is 15.8. The average Bonchev–Trinajstić information content (AvgIpc) is 2.76. The van der Waals surface area contributed by atoms with E-state index in [2.05, 4.69) is 0 Å². The Morgan fingerprint density at radius 3 is 2.21 bits per heavy atom. The van der Waals surface area contributed by atoms with E-state index in [0.29, 0.717) is 0 Å². The number of likely N-dealkylation sites (tertiary alicyclic amines) is 1. The normalized spacial score (nSPS) is 25.5. The molecule has 140 valence electrons. The zero-order valence-corrected chi connectivity index (χ0v) is 15.8. The number of rotatable bonds is 5. The second kappa shape index (κ2) is 7.70. The maximum atomic E-state index is 12.6. The van der Waals surface area contributed by atoms with Crippen molar-refractivity contribution in [2.24, 2.45) is 0 Å². The smallest absolute Gasteiger partial charge is 0.410 e. The van der Waals surface area contributed by atoms with Gasteiger partial charge in [0.25, 0.3) is 0 Å². The molecule has 0 saturated carbocycles. The highest BCUT2D eigenvalue weighted by atomic mass is 16.6. The molecular formula is C17H32N2O5. The number of likely N-dealkylation sites (N-methyl/N-ethyl adjacent to an activating group) is 1. The predicted molar refractivity (Wildman–Crippen MR) is 90.9 cm³/mol. The van der Waals surface area contributed by atoms with Crippen LogP contribution in [0.2, 0.25) is 0 Å². The number of aliphatic carboxylic acids is 1. The van der Waals surface area contributed by atoms with Crippen molar-refractivity contribution in [1.82, 2.24) is 9.80 Å². The Kier molecular flexibility index (Phi) is 6.64. The van der Waals surface area contributed by atoms with Gasteiger partial charge in [0.1, 0.15) is 11.6 Å². The fraction of sp³-hybridized carbons (Fsp3) is 0.882. The molecule has 1 heterocycles. The lowest BCUT2D eigenvalue weighted by Crippen LogP contribution is -2.57. The predicted octanol–water partition coefficient (Wildman–Crippen LogP) is 1.93. The SMILES string of the molecule is CC1CCC(C(C)N(C)[C@H](C(=O)O)[C@@H](C)O)N1C(=O)OC(C)(C)C. The first-order valence-corrected chi connectivity index (χ1v) is 8.51. The lowest BCUT2D eigenvalue weighted by molar-refractivity contribution is -0.148. The van der Waals surface area contributed by atoms with Crippen LogP contribution in [0, 0.1) is 0 Å². The summed E-state index contributed by atoms with van der Waals surface area (Å²) in [6, 6.07) is -1.36. The zero-order chi connectivity index (χ0) is 18.8. The van der Waals surface area contributed by atoms with Gasteiger partial charge in [0.15, 0.2) is 0 Å². The van der Waals surface area contributed by atoms with Gasteiger partial charge in [-0.1, -0.05) is 0 Å². The molecule has 7 heteroatoms. The minimum absolute atomic E-state index is 0.0375. The van der Waals surface area contributed by atoms with Crippen molar-refractivity contribution in [2.75, 3.05) is 7.05 Å². The Morgan fingerprint density at radius 1 is 1.25 bits per heavy atom. The third-order valence-corrected chi connectivity index (χ3v) is 4.66. The summed E-state index contributed by atoms with van der Waals surface area (Å²) in [5.41, 5.74) is -0.581. The van der Waals surface area contributed by atoms with Crippen LogP contribution >= 0.6 is 0 Å². The van der Waals surface area contributed by atoms with E-state index in [1.54, 1.807) is 16.8 Å². The maximum absolute atomic E-state index is 12.6. The minimum Gasteiger partial charge on any atom is -0.480 e. The fourth-order valence-electron chi connectivity index (χ4n) is 3.37. The summed E-state index contributed by atoms with van der Waals surface area (Å²) in [5.74, 6) is -1.07. The summed E-state index contributed by atoms with van der Waals surface area (Å²) in [6.07, 6.45) is 0.234. The van der Waals surface area contributed by atoms with Crippen molar-refractivity contribution < 1.29 is 24.5 Å². The van der Waals surface area contributed by atoms with Gasteiger partial charge in [0.2, 0.25) is 0 Å². The van der Waals surface area contributed by atoms with Crippen LogP contribution in [0.15, 0.2) is 0 Å². The highest BCUT2D eigenvalue weighted by molar-refractivity contribution is 5.74. The van der Waals surface area contributed by atoms with Crippen molar-refractivity contribution in [1.29, 1.82) is 0 Å². The van der Waals surface area contributed by atoms with Gasteiger partial charge >= 0.3 is 12.1 Å². The number of aliphatic hydroxyl groups is 1. The Bertz CT molecular complexity index is 460. The topological polar surface area (TPSA) is 90.3 Å². The standard InChI is InChI=1S/C17H32N2O5/c1-10-8-9-13(19(10)16(23)24-17(4,5)6)11(2)18(7)14(12(3)20)15(21)22/h10-14,20H,8-9H2,1-7H3,(H,21,22)/t10?,11?,12-,13?,14+/m1/s1. The quantitative estimate of drug-likeness (QED) is 0.792. The molecule has 0 bridgehead atoms. The summed E-state index contributed by atoms with van der Waals surface area (Å²) in [5, 5.41) is 19.2. The summed E-state index contributed by atoms with van der Waals surface area (Å²) in [7, 11) is 1.67. The number of aliphatic hydroxyl groups excluding tert-OH is 1. The van der Waals surface area contributed by atoms with Crippen LogP contribution in [0.5, 0.6) is 0 Å². The number of ether oxygens (including phenoxy) is 1. The Labute approximate surface area is 144 Å². The summed E-state index contributed by atoms with van der Waals surface area (Å²) in [4.78, 5) is 27.4. The first-order chi connectivity index (χ1) is 10.9. The molecule has 24 heavy (non-hydrogen) atoms. The molecule has 1 amide bonds. The summed E-state index contributed by atoms with van der Waals surface area (Å²) in [6.45, 7) is 10.8. The van der Waals surface area contributed by atoms with Crippen molar-refractivity contribution in [2.45, 2.75) is 90.3 Å². The molecule has 5 atom stereocenters. The first-order valence-electron chi connectivity index (χ1n) is 8.51. The number of carbonyl (C=O) groups is 2.